The maximum Gasteiger partial charge on any atom is 0.229 e. The van der Waals surface area contributed by atoms with Crippen LogP contribution in [-0.4, -0.2) is 41.3 Å². The van der Waals surface area contributed by atoms with Gasteiger partial charge >= 0.3 is 0 Å². The summed E-state index contributed by atoms with van der Waals surface area (Å²) in [6.07, 6.45) is 4.14. The number of alkyl halides is 2. The van der Waals surface area contributed by atoms with Gasteiger partial charge in [0.15, 0.2) is 0 Å². The summed E-state index contributed by atoms with van der Waals surface area (Å²) in [5.41, 5.74) is -0.587. The minimum atomic E-state index is -0.861. The van der Waals surface area contributed by atoms with Gasteiger partial charge in [-0.2, -0.15) is 0 Å². The zero-order valence-electron chi connectivity index (χ0n) is 11.8. The van der Waals surface area contributed by atoms with E-state index in [0.717, 1.165) is 18.9 Å². The van der Waals surface area contributed by atoms with E-state index < -0.39 is 9.75 Å². The number of carbonyl (C=O) groups is 1. The predicted molar refractivity (Wildman–Crippen MR) is 79.6 cm³/mol. The van der Waals surface area contributed by atoms with E-state index in [-0.39, 0.29) is 5.91 Å². The van der Waals surface area contributed by atoms with Gasteiger partial charge in [-0.15, -0.1) is 23.2 Å². The van der Waals surface area contributed by atoms with Crippen LogP contribution in [0, 0.1) is 11.3 Å². The molecule has 0 aromatic heterocycles. The van der Waals surface area contributed by atoms with Gasteiger partial charge in [0.25, 0.3) is 0 Å². The topological polar surface area (TPSA) is 32.3 Å². The van der Waals surface area contributed by atoms with Gasteiger partial charge in [-0.3, -0.25) is 4.79 Å². The Bertz CT molecular complexity index is 340. The molecule has 3 nitrogen and oxygen atoms in total. The lowest BCUT2D eigenvalue weighted by atomic mass is 9.99. The monoisotopic (exact) mass is 306 g/mol. The molecule has 0 aromatic carbocycles. The fourth-order valence-corrected chi connectivity index (χ4v) is 3.34. The Morgan fingerprint density at radius 1 is 1.37 bits per heavy atom. The average Bonchev–Trinajstić information content (AvgIpc) is 2.87. The second-order valence-corrected chi connectivity index (χ2v) is 7.83. The molecule has 1 aliphatic heterocycles. The van der Waals surface area contributed by atoms with E-state index in [1.807, 2.05) is 6.92 Å². The molecule has 1 saturated carbocycles. The minimum absolute atomic E-state index is 0.00948. The van der Waals surface area contributed by atoms with E-state index in [1.165, 1.54) is 25.9 Å². The quantitative estimate of drug-likeness (QED) is 0.626. The summed E-state index contributed by atoms with van der Waals surface area (Å²) in [5, 5.41) is 2.95. The Morgan fingerprint density at radius 2 is 1.95 bits per heavy atom. The molecule has 2 aliphatic rings. The fourth-order valence-electron chi connectivity index (χ4n) is 2.63. The van der Waals surface area contributed by atoms with Crippen LogP contribution in [0.25, 0.3) is 0 Å². The summed E-state index contributed by atoms with van der Waals surface area (Å²) < 4.78 is -0.861. The van der Waals surface area contributed by atoms with Crippen molar-refractivity contribution in [2.45, 2.75) is 43.9 Å². The lowest BCUT2D eigenvalue weighted by Crippen LogP contribution is -2.37. The number of rotatable bonds is 5. The van der Waals surface area contributed by atoms with Crippen LogP contribution in [0.4, 0.5) is 0 Å². The summed E-state index contributed by atoms with van der Waals surface area (Å²) in [6.45, 7) is 8.31. The second-order valence-electron chi connectivity index (χ2n) is 6.35. The van der Waals surface area contributed by atoms with Crippen molar-refractivity contribution in [1.82, 2.24) is 10.2 Å². The Hall–Kier alpha value is 0.01000. The lowest BCUT2D eigenvalue weighted by molar-refractivity contribution is -0.125. The number of hydrogen-bond donors (Lipinski definition) is 1. The molecule has 1 heterocycles. The van der Waals surface area contributed by atoms with Crippen molar-refractivity contribution in [3.8, 4) is 0 Å². The molecule has 110 valence electrons. The number of piperidine rings is 1. The largest absolute Gasteiger partial charge is 0.355 e. The molecular weight excluding hydrogens is 283 g/mol. The highest BCUT2D eigenvalue weighted by molar-refractivity contribution is 6.53. The van der Waals surface area contributed by atoms with Crippen molar-refractivity contribution in [1.29, 1.82) is 0 Å². The highest BCUT2D eigenvalue weighted by Crippen LogP contribution is 2.63. The molecule has 1 unspecified atom stereocenters. The van der Waals surface area contributed by atoms with Gasteiger partial charge in [0.05, 0.1) is 5.41 Å². The van der Waals surface area contributed by atoms with Crippen LogP contribution in [0.2, 0.25) is 0 Å². The highest BCUT2D eigenvalue weighted by Gasteiger charge is 2.67. The minimum Gasteiger partial charge on any atom is -0.355 e. The zero-order chi connectivity index (χ0) is 14.1. The third-order valence-corrected chi connectivity index (χ3v) is 5.67. The van der Waals surface area contributed by atoms with Crippen molar-refractivity contribution in [3.63, 3.8) is 0 Å². The SMILES string of the molecule is CC1CCN(CCCNC(=O)C2(C)CC2(Cl)Cl)CC1. The van der Waals surface area contributed by atoms with E-state index in [0.29, 0.717) is 13.0 Å². The molecular formula is C14H24Cl2N2O. The van der Waals surface area contributed by atoms with Crippen LogP contribution in [0.5, 0.6) is 0 Å². The molecule has 1 N–H and O–H groups in total. The number of amides is 1. The van der Waals surface area contributed by atoms with Gasteiger partial charge in [0.2, 0.25) is 5.91 Å². The molecule has 1 aliphatic carbocycles. The van der Waals surface area contributed by atoms with E-state index >= 15 is 0 Å². The summed E-state index contributed by atoms with van der Waals surface area (Å²) >= 11 is 12.0. The van der Waals surface area contributed by atoms with E-state index in [2.05, 4.69) is 17.1 Å². The molecule has 0 radical (unpaired) electrons. The fraction of sp³-hybridized carbons (Fsp3) is 0.929. The third-order valence-electron chi connectivity index (χ3n) is 4.57. The van der Waals surface area contributed by atoms with Gasteiger partial charge in [0, 0.05) is 6.54 Å². The van der Waals surface area contributed by atoms with E-state index in [4.69, 9.17) is 23.2 Å². The second kappa shape index (κ2) is 5.79. The summed E-state index contributed by atoms with van der Waals surface area (Å²) in [4.78, 5) is 14.4. The summed E-state index contributed by atoms with van der Waals surface area (Å²) in [7, 11) is 0. The normalized spacial score (nSPS) is 31.2. The Balaban J connectivity index is 1.59. The first-order valence-electron chi connectivity index (χ1n) is 7.24. The number of nitrogens with zero attached hydrogens (tertiary/aromatic N) is 1. The number of likely N-dealkylation sites (tertiary alicyclic amines) is 1. The Labute approximate surface area is 126 Å². The first kappa shape index (κ1) is 15.4. The zero-order valence-corrected chi connectivity index (χ0v) is 13.4. The van der Waals surface area contributed by atoms with Crippen molar-refractivity contribution in [3.05, 3.63) is 0 Å². The van der Waals surface area contributed by atoms with E-state index in [1.54, 1.807) is 0 Å². The molecule has 2 fully saturated rings. The first-order chi connectivity index (χ1) is 8.85. The lowest BCUT2D eigenvalue weighted by Gasteiger charge is -2.30. The molecule has 1 amide bonds. The van der Waals surface area contributed by atoms with Crippen LogP contribution >= 0.6 is 23.2 Å². The number of nitrogens with one attached hydrogen (secondary N) is 1. The maximum atomic E-state index is 11.9. The van der Waals surface area contributed by atoms with Crippen LogP contribution in [0.15, 0.2) is 0 Å². The van der Waals surface area contributed by atoms with Gasteiger partial charge < -0.3 is 10.2 Å². The molecule has 0 aromatic rings. The molecule has 0 spiro atoms. The molecule has 0 bridgehead atoms. The van der Waals surface area contributed by atoms with Crippen LogP contribution in [-0.2, 0) is 4.79 Å². The molecule has 1 atom stereocenters. The van der Waals surface area contributed by atoms with Gasteiger partial charge in [-0.1, -0.05) is 6.92 Å². The van der Waals surface area contributed by atoms with Crippen molar-refractivity contribution >= 4 is 29.1 Å². The molecule has 1 saturated heterocycles. The smallest absolute Gasteiger partial charge is 0.229 e. The Kier molecular flexibility index (Phi) is 4.69. The van der Waals surface area contributed by atoms with Crippen LogP contribution in [0.3, 0.4) is 0 Å². The number of hydrogen-bond acceptors (Lipinski definition) is 2. The van der Waals surface area contributed by atoms with Crippen LogP contribution in [0.1, 0.15) is 39.5 Å². The summed E-state index contributed by atoms with van der Waals surface area (Å²) in [5.74, 6) is 0.858. The third kappa shape index (κ3) is 3.56. The molecule has 19 heavy (non-hydrogen) atoms. The molecule has 5 heteroatoms. The van der Waals surface area contributed by atoms with Crippen molar-refractivity contribution in [2.75, 3.05) is 26.2 Å². The van der Waals surface area contributed by atoms with Crippen molar-refractivity contribution in [2.24, 2.45) is 11.3 Å². The molecule has 2 rings (SSSR count). The number of halogens is 2. The van der Waals surface area contributed by atoms with Gasteiger partial charge in [-0.25, -0.2) is 0 Å². The van der Waals surface area contributed by atoms with Gasteiger partial charge in [0.1, 0.15) is 4.33 Å². The average molecular weight is 307 g/mol. The Morgan fingerprint density at radius 3 is 2.47 bits per heavy atom. The van der Waals surface area contributed by atoms with E-state index in [9.17, 15) is 4.79 Å². The maximum absolute atomic E-state index is 11.9. The summed E-state index contributed by atoms with van der Waals surface area (Å²) in [6, 6.07) is 0. The predicted octanol–water partition coefficient (Wildman–Crippen LogP) is 2.81. The highest BCUT2D eigenvalue weighted by atomic mass is 35.5. The van der Waals surface area contributed by atoms with Crippen molar-refractivity contribution < 1.29 is 4.79 Å². The van der Waals surface area contributed by atoms with Crippen LogP contribution < -0.4 is 5.32 Å². The van der Waals surface area contributed by atoms with Gasteiger partial charge in [-0.05, 0) is 58.2 Å². The standard InChI is InChI=1S/C14H24Cl2N2O/c1-11-4-8-18(9-5-11)7-3-6-17-12(19)13(2)10-14(13,15)16/h11H,3-10H2,1-2H3,(H,17,19). The first-order valence-corrected chi connectivity index (χ1v) is 7.99. The number of carbonyl (C=O) groups excluding carboxylic acids is 1.